The van der Waals surface area contributed by atoms with Crippen LogP contribution < -0.4 is 5.11 Å². The Bertz CT molecular complexity index is 1160. The zero-order chi connectivity index (χ0) is 23.7. The smallest absolute Gasteiger partial charge is 0.518 e. The number of carbonyl (C=O) groups excluding carboxylic acids is 2. The van der Waals surface area contributed by atoms with E-state index in [9.17, 15) is 36.3 Å². The van der Waals surface area contributed by atoms with Crippen LogP contribution in [0.2, 0.25) is 0 Å². The fourth-order valence-electron chi connectivity index (χ4n) is 4.59. The first-order valence-corrected chi connectivity index (χ1v) is 13.5. The summed E-state index contributed by atoms with van der Waals surface area (Å²) >= 11 is 6.03. The lowest BCUT2D eigenvalue weighted by Gasteiger charge is -2.34. The molecule has 1 aliphatic heterocycles. The van der Waals surface area contributed by atoms with Crippen molar-refractivity contribution in [1.29, 1.82) is 0 Å². The molecule has 3 fully saturated rings. The Morgan fingerprint density at radius 1 is 1.22 bits per heavy atom. The minimum atomic E-state index is -6.06. The van der Waals surface area contributed by atoms with Crippen molar-refractivity contribution in [1.82, 2.24) is 0 Å². The van der Waals surface area contributed by atoms with E-state index in [0.717, 1.165) is 7.14 Å². The number of hydrogen-bond acceptors (Lipinski definition) is 7. The fourth-order valence-corrected chi connectivity index (χ4v) is 7.43. The molecule has 2 bridgehead atoms. The highest BCUT2D eigenvalue weighted by atomic mass is 127. The van der Waals surface area contributed by atoms with Crippen LogP contribution in [-0.4, -0.2) is 44.0 Å². The largest absolute Gasteiger partial charge is 0.861 e. The average Bonchev–Trinajstić information content (AvgIpc) is 3.25. The molecule has 3 aliphatic rings. The first-order chi connectivity index (χ1) is 14.7. The van der Waals surface area contributed by atoms with Crippen LogP contribution in [0, 0.1) is 34.4 Å². The van der Waals surface area contributed by atoms with E-state index in [4.69, 9.17) is 9.47 Å². The van der Waals surface area contributed by atoms with Gasteiger partial charge in [0.1, 0.15) is 18.1 Å². The Morgan fingerprint density at radius 2 is 1.88 bits per heavy atom. The van der Waals surface area contributed by atoms with Gasteiger partial charge in [0.15, 0.2) is 0 Å². The van der Waals surface area contributed by atoms with Gasteiger partial charge in [0.2, 0.25) is 0 Å². The van der Waals surface area contributed by atoms with Gasteiger partial charge in [0.05, 0.1) is 5.56 Å². The molecule has 1 saturated heterocycles. The Balaban J connectivity index is 1.66. The van der Waals surface area contributed by atoms with Crippen molar-refractivity contribution in [3.63, 3.8) is 0 Å². The topological polar surface area (TPSA) is 122 Å². The molecule has 174 valence electrons. The standard InChI is InChI=1S/C17H11F3I3NO7S/c18-17(19,20)32(28,29)24-14(25)9-5-3-6-10(16(27)31-12(6)9)13(5)30-15(26)7-1-4(21)2-8(22)11(7)23/h1-2,5-6,9-10,12-13H,3H2,(H,24,25)/p-1. The number of esters is 2. The van der Waals surface area contributed by atoms with Gasteiger partial charge in [-0.2, -0.15) is 26.0 Å². The van der Waals surface area contributed by atoms with E-state index < -0.39 is 69.2 Å². The molecular weight excluding hydrogens is 800 g/mol. The van der Waals surface area contributed by atoms with E-state index in [1.54, 1.807) is 6.07 Å². The van der Waals surface area contributed by atoms with Crippen LogP contribution in [0.3, 0.4) is 0 Å². The summed E-state index contributed by atoms with van der Waals surface area (Å²) in [7, 11) is -6.06. The van der Waals surface area contributed by atoms with Crippen LogP contribution in [0.15, 0.2) is 16.5 Å². The van der Waals surface area contributed by atoms with Crippen LogP contribution in [0.25, 0.3) is 0 Å². The number of halogens is 6. The van der Waals surface area contributed by atoms with Gasteiger partial charge >= 0.3 is 27.5 Å². The zero-order valence-electron chi connectivity index (χ0n) is 15.3. The number of hydrogen-bond donors (Lipinski definition) is 0. The molecule has 0 radical (unpaired) electrons. The Kier molecular flexibility index (Phi) is 6.44. The van der Waals surface area contributed by atoms with Crippen molar-refractivity contribution in [3.8, 4) is 0 Å². The first-order valence-electron chi connectivity index (χ1n) is 8.87. The molecule has 32 heavy (non-hydrogen) atoms. The number of carbonyl (C=O) groups is 2. The van der Waals surface area contributed by atoms with Crippen molar-refractivity contribution in [2.45, 2.75) is 24.1 Å². The third-order valence-electron chi connectivity index (χ3n) is 5.79. The number of sulfonamides is 1. The van der Waals surface area contributed by atoms with Gasteiger partial charge in [0, 0.05) is 28.5 Å². The van der Waals surface area contributed by atoms with Crippen molar-refractivity contribution in [2.24, 2.45) is 28.1 Å². The maximum Gasteiger partial charge on any atom is 0.518 e. The summed E-state index contributed by atoms with van der Waals surface area (Å²) < 4.78 is 76.0. The summed E-state index contributed by atoms with van der Waals surface area (Å²) in [6.07, 6.45) is -2.06. The number of benzene rings is 1. The Hall–Kier alpha value is -0.440. The number of nitrogens with zero attached hydrogens (tertiary/aromatic N) is 1. The van der Waals surface area contributed by atoms with Crippen LogP contribution in [0.4, 0.5) is 13.2 Å². The molecule has 6 atom stereocenters. The highest BCUT2D eigenvalue weighted by Gasteiger charge is 2.68. The van der Waals surface area contributed by atoms with E-state index >= 15 is 0 Å². The third-order valence-corrected chi connectivity index (χ3v) is 10.5. The molecule has 1 heterocycles. The highest BCUT2D eigenvalue weighted by Crippen LogP contribution is 2.58. The summed E-state index contributed by atoms with van der Waals surface area (Å²) in [5, 5.41) is 12.5. The Labute approximate surface area is 220 Å². The molecule has 8 nitrogen and oxygen atoms in total. The molecule has 0 spiro atoms. The molecule has 0 N–H and O–H groups in total. The summed E-state index contributed by atoms with van der Waals surface area (Å²) in [6.45, 7) is 0. The fraction of sp³-hybridized carbons (Fsp3) is 0.471. The molecular formula is C17H10F3I3NO7S-. The number of fused-ring (bicyclic) bond motifs is 1. The van der Waals surface area contributed by atoms with Crippen LogP contribution in [0.5, 0.6) is 0 Å². The quantitative estimate of drug-likeness (QED) is 0.151. The second-order valence-electron chi connectivity index (χ2n) is 7.49. The van der Waals surface area contributed by atoms with E-state index in [1.807, 2.05) is 73.8 Å². The van der Waals surface area contributed by atoms with Gasteiger partial charge in [-0.3, -0.25) is 4.79 Å². The summed E-state index contributed by atoms with van der Waals surface area (Å²) in [4.78, 5) is 25.2. The van der Waals surface area contributed by atoms with Gasteiger partial charge in [-0.1, -0.05) is 0 Å². The monoisotopic (exact) mass is 810 g/mol. The predicted octanol–water partition coefficient (Wildman–Crippen LogP) is 2.44. The normalized spacial score (nSPS) is 31.7. The number of rotatable bonds is 4. The highest BCUT2D eigenvalue weighted by molar-refractivity contribution is 14.1. The lowest BCUT2D eigenvalue weighted by Crippen LogP contribution is -2.47. The summed E-state index contributed by atoms with van der Waals surface area (Å²) in [5.74, 6) is -6.81. The van der Waals surface area contributed by atoms with Gasteiger partial charge < -0.3 is 14.6 Å². The lowest BCUT2D eigenvalue weighted by molar-refractivity contribution is -0.229. The molecule has 0 amide bonds. The molecule has 4 rings (SSSR count). The van der Waals surface area contributed by atoms with Crippen LogP contribution in [-0.2, 0) is 24.3 Å². The third kappa shape index (κ3) is 4.01. The van der Waals surface area contributed by atoms with Crippen LogP contribution >= 0.6 is 67.8 Å². The average molecular weight is 810 g/mol. The lowest BCUT2D eigenvalue weighted by atomic mass is 9.80. The number of alkyl halides is 3. The van der Waals surface area contributed by atoms with Crippen molar-refractivity contribution in [3.05, 3.63) is 28.4 Å². The molecule has 6 unspecified atom stereocenters. The molecule has 1 aromatic rings. The summed E-state index contributed by atoms with van der Waals surface area (Å²) in [6, 6.07) is 3.43. The predicted molar refractivity (Wildman–Crippen MR) is 125 cm³/mol. The molecule has 2 saturated carbocycles. The number of ether oxygens (including phenoxy) is 2. The second-order valence-corrected chi connectivity index (χ2v) is 12.6. The minimum absolute atomic E-state index is 0.165. The van der Waals surface area contributed by atoms with E-state index in [0.29, 0.717) is 3.57 Å². The summed E-state index contributed by atoms with van der Waals surface area (Å²) in [5.41, 5.74) is -5.50. The van der Waals surface area contributed by atoms with E-state index in [-0.39, 0.29) is 12.0 Å². The van der Waals surface area contributed by atoms with Crippen LogP contribution in [0.1, 0.15) is 16.8 Å². The molecule has 1 aromatic carbocycles. The van der Waals surface area contributed by atoms with Crippen molar-refractivity contribution < 1.29 is 45.8 Å². The molecule has 0 aromatic heterocycles. The van der Waals surface area contributed by atoms with Gasteiger partial charge in [-0.15, -0.1) is 0 Å². The van der Waals surface area contributed by atoms with E-state index in [2.05, 4.69) is 4.40 Å². The molecule has 15 heteroatoms. The van der Waals surface area contributed by atoms with Crippen molar-refractivity contribution in [2.75, 3.05) is 0 Å². The molecule has 2 aliphatic carbocycles. The van der Waals surface area contributed by atoms with E-state index in [1.165, 1.54) is 0 Å². The zero-order valence-corrected chi connectivity index (χ0v) is 22.6. The van der Waals surface area contributed by atoms with Gasteiger partial charge in [-0.25, -0.2) is 4.79 Å². The SMILES string of the molecule is O=C(OC1C2CC3C(OC(=O)C31)C2/C([O-])=N/S(=O)(=O)C(F)(F)F)c1cc(I)cc(I)c1I. The van der Waals surface area contributed by atoms with Gasteiger partial charge in [0.25, 0.3) is 0 Å². The maximum atomic E-state index is 12.9. The van der Waals surface area contributed by atoms with Crippen molar-refractivity contribution >= 4 is 95.6 Å². The second kappa shape index (κ2) is 8.35. The van der Waals surface area contributed by atoms with Gasteiger partial charge in [-0.05, 0) is 92.2 Å². The minimum Gasteiger partial charge on any atom is -0.861 e. The first kappa shape index (κ1) is 24.7. The Morgan fingerprint density at radius 3 is 2.50 bits per heavy atom. The maximum absolute atomic E-state index is 12.9.